The van der Waals surface area contributed by atoms with Crippen LogP contribution in [0.2, 0.25) is 0 Å². The van der Waals surface area contributed by atoms with Crippen LogP contribution in [-0.2, 0) is 0 Å². The van der Waals surface area contributed by atoms with E-state index in [1.54, 1.807) is 6.20 Å². The second-order valence-corrected chi connectivity index (χ2v) is 5.95. The van der Waals surface area contributed by atoms with E-state index in [2.05, 4.69) is 53.4 Å². The van der Waals surface area contributed by atoms with Gasteiger partial charge in [-0.1, -0.05) is 12.1 Å². The van der Waals surface area contributed by atoms with Crippen LogP contribution in [0, 0.1) is 0 Å². The molecule has 0 spiro atoms. The lowest BCUT2D eigenvalue weighted by atomic mass is 10.1. The minimum absolute atomic E-state index is 0.384. The first-order valence-corrected chi connectivity index (χ1v) is 7.76. The summed E-state index contributed by atoms with van der Waals surface area (Å²) in [5.74, 6) is 0. The fraction of sp³-hybridized carbons (Fsp3) is 0.471. The summed E-state index contributed by atoms with van der Waals surface area (Å²) in [4.78, 5) is 6.54. The highest BCUT2D eigenvalue weighted by Crippen LogP contribution is 2.24. The third-order valence-electron chi connectivity index (χ3n) is 4.28. The first kappa shape index (κ1) is 14.3. The lowest BCUT2D eigenvalue weighted by Gasteiger charge is -2.19. The molecule has 21 heavy (non-hydrogen) atoms. The van der Waals surface area contributed by atoms with Crippen molar-refractivity contribution in [2.24, 2.45) is 0 Å². The maximum atomic E-state index is 4.08. The quantitative estimate of drug-likeness (QED) is 0.848. The lowest BCUT2D eigenvalue weighted by molar-refractivity contribution is 0.316. The first-order valence-electron chi connectivity index (χ1n) is 7.76. The zero-order valence-corrected chi connectivity index (χ0v) is 12.9. The molecule has 0 bridgehead atoms. The average Bonchev–Trinajstić information content (AvgIpc) is 3.22. The minimum Gasteiger partial charge on any atom is -0.309 e. The van der Waals surface area contributed by atoms with Crippen molar-refractivity contribution in [3.8, 4) is 5.69 Å². The number of benzene rings is 1. The Hall–Kier alpha value is -1.65. The molecule has 3 rings (SSSR count). The van der Waals surface area contributed by atoms with E-state index < -0.39 is 0 Å². The molecule has 1 N–H and O–H groups in total. The third-order valence-corrected chi connectivity index (χ3v) is 4.28. The van der Waals surface area contributed by atoms with Crippen molar-refractivity contribution in [3.05, 3.63) is 48.5 Å². The molecule has 1 unspecified atom stereocenters. The van der Waals surface area contributed by atoms with E-state index in [-0.39, 0.29) is 0 Å². The summed E-state index contributed by atoms with van der Waals surface area (Å²) in [7, 11) is 2.23. The SMILES string of the molecule is CC(NCCN(C)C1CC1)c1ccc(-n2ccnc2)cc1. The number of nitrogens with one attached hydrogen (secondary N) is 1. The second-order valence-electron chi connectivity index (χ2n) is 5.95. The van der Waals surface area contributed by atoms with Crippen molar-refractivity contribution in [2.75, 3.05) is 20.1 Å². The van der Waals surface area contributed by atoms with Gasteiger partial charge in [-0.3, -0.25) is 0 Å². The molecule has 1 aromatic heterocycles. The summed E-state index contributed by atoms with van der Waals surface area (Å²) in [6.07, 6.45) is 8.34. The molecule has 1 atom stereocenters. The predicted octanol–water partition coefficient (Wildman–Crippen LogP) is 2.62. The Morgan fingerprint density at radius 3 is 2.71 bits per heavy atom. The van der Waals surface area contributed by atoms with Crippen LogP contribution in [0.4, 0.5) is 0 Å². The Morgan fingerprint density at radius 2 is 2.10 bits per heavy atom. The molecule has 1 fully saturated rings. The zero-order valence-electron chi connectivity index (χ0n) is 12.9. The van der Waals surface area contributed by atoms with Crippen molar-refractivity contribution in [1.29, 1.82) is 0 Å². The summed E-state index contributed by atoms with van der Waals surface area (Å²) in [6, 6.07) is 9.90. The first-order chi connectivity index (χ1) is 10.2. The van der Waals surface area contributed by atoms with Crippen LogP contribution in [-0.4, -0.2) is 40.6 Å². The molecule has 112 valence electrons. The summed E-state index contributed by atoms with van der Waals surface area (Å²) in [5.41, 5.74) is 2.48. The van der Waals surface area contributed by atoms with Crippen molar-refractivity contribution in [3.63, 3.8) is 0 Å². The van der Waals surface area contributed by atoms with Gasteiger partial charge in [-0.2, -0.15) is 0 Å². The van der Waals surface area contributed by atoms with E-state index in [4.69, 9.17) is 0 Å². The van der Waals surface area contributed by atoms with Gasteiger partial charge in [0.05, 0.1) is 6.33 Å². The highest BCUT2D eigenvalue weighted by molar-refractivity contribution is 5.35. The number of hydrogen-bond acceptors (Lipinski definition) is 3. The molecule has 0 amide bonds. The topological polar surface area (TPSA) is 33.1 Å². The number of likely N-dealkylation sites (N-methyl/N-ethyl adjacent to an activating group) is 1. The average molecular weight is 284 g/mol. The molecule has 1 heterocycles. The van der Waals surface area contributed by atoms with Crippen LogP contribution >= 0.6 is 0 Å². The van der Waals surface area contributed by atoms with Gasteiger partial charge in [0.25, 0.3) is 0 Å². The number of aromatic nitrogens is 2. The highest BCUT2D eigenvalue weighted by Gasteiger charge is 2.25. The molecule has 1 saturated carbocycles. The molecule has 1 aliphatic carbocycles. The van der Waals surface area contributed by atoms with Crippen molar-refractivity contribution >= 4 is 0 Å². The monoisotopic (exact) mass is 284 g/mol. The van der Waals surface area contributed by atoms with Crippen molar-refractivity contribution in [2.45, 2.75) is 31.8 Å². The van der Waals surface area contributed by atoms with Gasteiger partial charge in [0.15, 0.2) is 0 Å². The van der Waals surface area contributed by atoms with E-state index in [1.165, 1.54) is 18.4 Å². The van der Waals surface area contributed by atoms with Gasteiger partial charge in [0, 0.05) is 43.3 Å². The van der Waals surface area contributed by atoms with E-state index in [1.807, 2.05) is 17.1 Å². The molecule has 0 saturated heterocycles. The fourth-order valence-corrected chi connectivity index (χ4v) is 2.62. The molecule has 1 aromatic carbocycles. The second kappa shape index (κ2) is 6.41. The van der Waals surface area contributed by atoms with E-state index in [9.17, 15) is 0 Å². The molecule has 1 aliphatic rings. The van der Waals surface area contributed by atoms with Crippen LogP contribution in [0.3, 0.4) is 0 Å². The van der Waals surface area contributed by atoms with Crippen LogP contribution in [0.15, 0.2) is 43.0 Å². The largest absolute Gasteiger partial charge is 0.309 e. The lowest BCUT2D eigenvalue weighted by Crippen LogP contribution is -2.31. The Balaban J connectivity index is 1.51. The standard InChI is InChI=1S/C17H24N4/c1-14(19-10-11-20(2)16-7-8-16)15-3-5-17(6-4-15)21-12-9-18-13-21/h3-6,9,12-14,16,19H,7-8,10-11H2,1-2H3. The van der Waals surface area contributed by atoms with Crippen LogP contribution < -0.4 is 5.32 Å². The number of rotatable bonds is 7. The molecule has 4 heteroatoms. The Bertz CT molecular complexity index is 543. The van der Waals surface area contributed by atoms with Gasteiger partial charge in [-0.25, -0.2) is 4.98 Å². The van der Waals surface area contributed by atoms with E-state index in [0.717, 1.165) is 24.8 Å². The predicted molar refractivity (Wildman–Crippen MR) is 85.6 cm³/mol. The number of nitrogens with zero attached hydrogens (tertiary/aromatic N) is 3. The van der Waals surface area contributed by atoms with Gasteiger partial charge in [0.1, 0.15) is 0 Å². The highest BCUT2D eigenvalue weighted by atomic mass is 15.2. The van der Waals surface area contributed by atoms with Gasteiger partial charge >= 0.3 is 0 Å². The van der Waals surface area contributed by atoms with Gasteiger partial charge < -0.3 is 14.8 Å². The van der Waals surface area contributed by atoms with Gasteiger partial charge in [-0.05, 0) is 44.5 Å². The van der Waals surface area contributed by atoms with Gasteiger partial charge in [0.2, 0.25) is 0 Å². The summed E-state index contributed by atoms with van der Waals surface area (Å²) < 4.78 is 2.02. The van der Waals surface area contributed by atoms with E-state index in [0.29, 0.717) is 6.04 Å². The van der Waals surface area contributed by atoms with Gasteiger partial charge in [-0.15, -0.1) is 0 Å². The van der Waals surface area contributed by atoms with E-state index >= 15 is 0 Å². The third kappa shape index (κ3) is 3.71. The molecule has 0 radical (unpaired) electrons. The maximum absolute atomic E-state index is 4.08. The number of imidazole rings is 1. The van der Waals surface area contributed by atoms with Crippen molar-refractivity contribution < 1.29 is 0 Å². The molecular formula is C17H24N4. The van der Waals surface area contributed by atoms with Crippen LogP contribution in [0.5, 0.6) is 0 Å². The Kier molecular flexibility index (Phi) is 4.36. The normalized spacial score (nSPS) is 16.3. The zero-order chi connectivity index (χ0) is 14.7. The van der Waals surface area contributed by atoms with Crippen LogP contribution in [0.1, 0.15) is 31.4 Å². The smallest absolute Gasteiger partial charge is 0.0991 e. The summed E-state index contributed by atoms with van der Waals surface area (Å²) in [6.45, 7) is 4.39. The Labute approximate surface area is 126 Å². The Morgan fingerprint density at radius 1 is 1.33 bits per heavy atom. The van der Waals surface area contributed by atoms with Crippen LogP contribution in [0.25, 0.3) is 5.69 Å². The molecule has 0 aliphatic heterocycles. The minimum atomic E-state index is 0.384. The molecule has 2 aromatic rings. The molecular weight excluding hydrogens is 260 g/mol. The molecule has 4 nitrogen and oxygen atoms in total. The maximum Gasteiger partial charge on any atom is 0.0991 e. The fourth-order valence-electron chi connectivity index (χ4n) is 2.62. The summed E-state index contributed by atoms with van der Waals surface area (Å²) >= 11 is 0. The number of hydrogen-bond donors (Lipinski definition) is 1. The summed E-state index contributed by atoms with van der Waals surface area (Å²) in [5, 5.41) is 3.61. The van der Waals surface area contributed by atoms with Crippen molar-refractivity contribution in [1.82, 2.24) is 19.8 Å².